The molecule has 2 aromatic rings. The van der Waals surface area contributed by atoms with Gasteiger partial charge in [0.05, 0.1) is 25.3 Å². The summed E-state index contributed by atoms with van der Waals surface area (Å²) in [7, 11) is 0. The molecule has 1 aromatic heterocycles. The Kier molecular flexibility index (Phi) is 5.56. The summed E-state index contributed by atoms with van der Waals surface area (Å²) in [6.07, 6.45) is 6.17. The van der Waals surface area contributed by atoms with Crippen LogP contribution in [0.5, 0.6) is 5.75 Å². The number of likely N-dealkylation sites (tertiary alicyclic amines) is 1. The minimum absolute atomic E-state index is 0.167. The molecule has 2 N–H and O–H groups in total. The van der Waals surface area contributed by atoms with Gasteiger partial charge in [-0.05, 0) is 57.2 Å². The first-order valence-electron chi connectivity index (χ1n) is 9.31. The van der Waals surface area contributed by atoms with E-state index in [0.717, 1.165) is 40.9 Å². The van der Waals surface area contributed by atoms with Gasteiger partial charge in [-0.1, -0.05) is 6.92 Å². The van der Waals surface area contributed by atoms with Gasteiger partial charge in [0.25, 0.3) is 0 Å². The number of pyridine rings is 1. The topological polar surface area (TPSA) is 46.5 Å². The zero-order valence-electron chi connectivity index (χ0n) is 14.9. The highest BCUT2D eigenvalue weighted by molar-refractivity contribution is 5.81. The number of fused-ring (bicyclic) bond motifs is 1. The minimum Gasteiger partial charge on any atom is -0.494 e. The van der Waals surface area contributed by atoms with Gasteiger partial charge in [0.1, 0.15) is 12.3 Å². The summed E-state index contributed by atoms with van der Waals surface area (Å²) in [4.78, 5) is 18.0. The molecule has 4 nitrogen and oxygen atoms in total. The second-order valence-corrected chi connectivity index (χ2v) is 6.95. The summed E-state index contributed by atoms with van der Waals surface area (Å²) in [5.74, 6) is 0.784. The molecule has 0 radical (unpaired) electrons. The van der Waals surface area contributed by atoms with Crippen molar-refractivity contribution in [3.8, 4) is 5.75 Å². The van der Waals surface area contributed by atoms with Gasteiger partial charge in [-0.3, -0.25) is 4.79 Å². The van der Waals surface area contributed by atoms with E-state index in [0.29, 0.717) is 6.61 Å². The summed E-state index contributed by atoms with van der Waals surface area (Å²) >= 11 is 0. The normalized spacial score (nSPS) is 16.2. The largest absolute Gasteiger partial charge is 0.494 e. The maximum absolute atomic E-state index is 13.0. The molecule has 0 aliphatic carbocycles. The zero-order chi connectivity index (χ0) is 16.9. The first-order chi connectivity index (χ1) is 11.7. The zero-order valence-corrected chi connectivity index (χ0v) is 14.9. The lowest BCUT2D eigenvalue weighted by atomic mass is 10.1. The van der Waals surface area contributed by atoms with Crippen LogP contribution in [0.1, 0.15) is 50.3 Å². The Hall–Kier alpha value is -1.81. The van der Waals surface area contributed by atoms with Crippen LogP contribution in [0, 0.1) is 6.92 Å². The van der Waals surface area contributed by atoms with Crippen molar-refractivity contribution in [2.24, 2.45) is 0 Å². The number of benzene rings is 1. The standard InChI is InChI=1S/C20H28N2O2/c1-3-12-24-16-8-9-19-17(13-16)20(23)18(15(2)21-19)14-22-10-6-4-5-7-11-22/h8-9,13H,3-7,10-12,14H2,1-2H3,(H,21,23)/p+1. The predicted molar refractivity (Wildman–Crippen MR) is 98.0 cm³/mol. The third-order valence-electron chi connectivity index (χ3n) is 4.99. The lowest BCUT2D eigenvalue weighted by Crippen LogP contribution is -3.10. The lowest BCUT2D eigenvalue weighted by Gasteiger charge is -2.18. The Morgan fingerprint density at radius 3 is 2.62 bits per heavy atom. The van der Waals surface area contributed by atoms with E-state index in [4.69, 9.17) is 4.74 Å². The van der Waals surface area contributed by atoms with Crippen LogP contribution in [0.25, 0.3) is 10.9 Å². The van der Waals surface area contributed by atoms with Crippen molar-refractivity contribution in [3.63, 3.8) is 0 Å². The summed E-state index contributed by atoms with van der Waals surface area (Å²) in [6, 6.07) is 5.79. The number of H-pyrrole nitrogens is 1. The Labute approximate surface area is 143 Å². The van der Waals surface area contributed by atoms with E-state index >= 15 is 0 Å². The molecule has 1 aromatic carbocycles. The third-order valence-corrected chi connectivity index (χ3v) is 4.99. The van der Waals surface area contributed by atoms with Gasteiger partial charge in [-0.15, -0.1) is 0 Å². The second-order valence-electron chi connectivity index (χ2n) is 6.95. The maximum atomic E-state index is 13.0. The Balaban J connectivity index is 1.93. The van der Waals surface area contributed by atoms with Gasteiger partial charge in [0, 0.05) is 16.6 Å². The monoisotopic (exact) mass is 329 g/mol. The van der Waals surface area contributed by atoms with Crippen molar-refractivity contribution < 1.29 is 9.64 Å². The van der Waals surface area contributed by atoms with Gasteiger partial charge >= 0.3 is 0 Å². The van der Waals surface area contributed by atoms with Gasteiger partial charge in [-0.2, -0.15) is 0 Å². The van der Waals surface area contributed by atoms with Crippen molar-refractivity contribution >= 4 is 10.9 Å². The fourth-order valence-corrected chi connectivity index (χ4v) is 3.61. The second kappa shape index (κ2) is 7.84. The Bertz CT molecular complexity index is 743. The molecule has 1 aliphatic rings. The molecule has 1 saturated heterocycles. The number of hydrogen-bond acceptors (Lipinski definition) is 2. The van der Waals surface area contributed by atoms with E-state index in [9.17, 15) is 4.79 Å². The lowest BCUT2D eigenvalue weighted by molar-refractivity contribution is -0.913. The highest BCUT2D eigenvalue weighted by Crippen LogP contribution is 2.18. The van der Waals surface area contributed by atoms with Crippen LogP contribution in [0.15, 0.2) is 23.0 Å². The molecule has 0 unspecified atom stereocenters. The van der Waals surface area contributed by atoms with Crippen molar-refractivity contribution in [2.75, 3.05) is 19.7 Å². The molecule has 0 spiro atoms. The molecule has 1 fully saturated rings. The molecule has 0 saturated carbocycles. The average molecular weight is 329 g/mol. The number of nitrogens with one attached hydrogen (secondary N) is 2. The third kappa shape index (κ3) is 3.81. The summed E-state index contributed by atoms with van der Waals surface area (Å²) < 4.78 is 5.70. The molecular weight excluding hydrogens is 300 g/mol. The van der Waals surface area contributed by atoms with Crippen molar-refractivity contribution in [3.05, 3.63) is 39.7 Å². The number of quaternary nitrogens is 1. The molecule has 3 rings (SSSR count). The summed E-state index contributed by atoms with van der Waals surface area (Å²) in [5.41, 5.74) is 3.01. The molecule has 0 bridgehead atoms. The quantitative estimate of drug-likeness (QED) is 0.886. The van der Waals surface area contributed by atoms with Crippen molar-refractivity contribution in [2.45, 2.75) is 52.5 Å². The Morgan fingerprint density at radius 2 is 1.92 bits per heavy atom. The molecule has 2 heterocycles. The number of aromatic nitrogens is 1. The molecular formula is C20H29N2O2+. The number of ether oxygens (including phenoxy) is 1. The van der Waals surface area contributed by atoms with Crippen LogP contribution in [0.3, 0.4) is 0 Å². The minimum atomic E-state index is 0.167. The fourth-order valence-electron chi connectivity index (χ4n) is 3.61. The summed E-state index contributed by atoms with van der Waals surface area (Å²) in [5, 5.41) is 0.749. The highest BCUT2D eigenvalue weighted by Gasteiger charge is 2.18. The van der Waals surface area contributed by atoms with Crippen molar-refractivity contribution in [1.29, 1.82) is 0 Å². The van der Waals surface area contributed by atoms with Crippen molar-refractivity contribution in [1.82, 2.24) is 4.98 Å². The maximum Gasteiger partial charge on any atom is 0.198 e. The van der Waals surface area contributed by atoms with Crippen LogP contribution in [0.4, 0.5) is 0 Å². The smallest absolute Gasteiger partial charge is 0.198 e. The molecule has 1 aliphatic heterocycles. The van der Waals surface area contributed by atoms with Crippen LogP contribution >= 0.6 is 0 Å². The predicted octanol–water partition coefficient (Wildman–Crippen LogP) is 2.58. The Morgan fingerprint density at radius 1 is 1.17 bits per heavy atom. The summed E-state index contributed by atoms with van der Waals surface area (Å²) in [6.45, 7) is 7.97. The van der Waals surface area contributed by atoms with E-state index in [1.165, 1.54) is 38.8 Å². The van der Waals surface area contributed by atoms with E-state index < -0.39 is 0 Å². The van der Waals surface area contributed by atoms with E-state index in [1.807, 2.05) is 25.1 Å². The first kappa shape index (κ1) is 17.0. The van der Waals surface area contributed by atoms with Crippen LogP contribution in [-0.4, -0.2) is 24.7 Å². The number of hydrogen-bond donors (Lipinski definition) is 2. The molecule has 24 heavy (non-hydrogen) atoms. The number of rotatable bonds is 5. The van der Waals surface area contributed by atoms with Gasteiger partial charge < -0.3 is 14.6 Å². The van der Waals surface area contributed by atoms with Crippen LogP contribution in [0.2, 0.25) is 0 Å². The van der Waals surface area contributed by atoms with E-state index in [2.05, 4.69) is 11.9 Å². The highest BCUT2D eigenvalue weighted by atomic mass is 16.5. The van der Waals surface area contributed by atoms with Gasteiger partial charge in [-0.25, -0.2) is 0 Å². The van der Waals surface area contributed by atoms with E-state index in [1.54, 1.807) is 4.90 Å². The molecule has 4 heteroatoms. The fraction of sp³-hybridized carbons (Fsp3) is 0.550. The molecule has 0 atom stereocenters. The molecule has 130 valence electrons. The van der Waals surface area contributed by atoms with Gasteiger partial charge in [0.2, 0.25) is 0 Å². The van der Waals surface area contributed by atoms with Crippen LogP contribution < -0.4 is 15.1 Å². The van der Waals surface area contributed by atoms with Crippen LogP contribution in [-0.2, 0) is 6.54 Å². The number of aromatic amines is 1. The molecule has 0 amide bonds. The number of aryl methyl sites for hydroxylation is 1. The van der Waals surface area contributed by atoms with E-state index in [-0.39, 0.29) is 5.43 Å². The van der Waals surface area contributed by atoms with Gasteiger partial charge in [0.15, 0.2) is 5.43 Å². The SMILES string of the molecule is CCCOc1ccc2[nH]c(C)c(C[NH+]3CCCCCC3)c(=O)c2c1. The average Bonchev–Trinajstić information content (AvgIpc) is 2.85. The first-order valence-corrected chi connectivity index (χ1v) is 9.31.